The Morgan fingerprint density at radius 1 is 1.16 bits per heavy atom. The summed E-state index contributed by atoms with van der Waals surface area (Å²) in [4.78, 5) is 30.1. The summed E-state index contributed by atoms with van der Waals surface area (Å²) in [6, 6.07) is 10.2. The first-order chi connectivity index (χ1) is 12.1. The highest BCUT2D eigenvalue weighted by Crippen LogP contribution is 2.17. The number of aromatic nitrogens is 1. The van der Waals surface area contributed by atoms with E-state index < -0.39 is 11.8 Å². The van der Waals surface area contributed by atoms with Gasteiger partial charge in [-0.2, -0.15) is 0 Å². The number of fused-ring (bicyclic) bond motifs is 1. The van der Waals surface area contributed by atoms with Gasteiger partial charge in [0.15, 0.2) is 0 Å². The predicted octanol–water partition coefficient (Wildman–Crippen LogP) is 1.50. The molecule has 130 valence electrons. The zero-order valence-electron chi connectivity index (χ0n) is 14.3. The van der Waals surface area contributed by atoms with E-state index in [9.17, 15) is 9.59 Å². The maximum Gasteiger partial charge on any atom is 0.313 e. The van der Waals surface area contributed by atoms with Crippen LogP contribution in [0.25, 0.3) is 0 Å². The third-order valence-corrected chi connectivity index (χ3v) is 4.42. The normalized spacial score (nSPS) is 13.8. The molecular formula is C19H22N4O2. The van der Waals surface area contributed by atoms with Gasteiger partial charge in [-0.25, -0.2) is 0 Å². The van der Waals surface area contributed by atoms with Crippen LogP contribution in [0.15, 0.2) is 42.7 Å². The van der Waals surface area contributed by atoms with Crippen molar-refractivity contribution in [2.75, 3.05) is 25.0 Å². The molecule has 0 unspecified atom stereocenters. The molecule has 1 aliphatic rings. The molecule has 1 aromatic carbocycles. The summed E-state index contributed by atoms with van der Waals surface area (Å²) in [5.74, 6) is -1.29. The lowest BCUT2D eigenvalue weighted by molar-refractivity contribution is -0.136. The van der Waals surface area contributed by atoms with Crippen molar-refractivity contribution in [3.8, 4) is 0 Å². The molecular weight excluding hydrogens is 316 g/mol. The van der Waals surface area contributed by atoms with Gasteiger partial charge < -0.3 is 10.6 Å². The number of carbonyl (C=O) groups is 2. The maximum absolute atomic E-state index is 11.9. The zero-order valence-corrected chi connectivity index (χ0v) is 14.3. The van der Waals surface area contributed by atoms with Crippen LogP contribution in [0.3, 0.4) is 0 Å². The van der Waals surface area contributed by atoms with Crippen molar-refractivity contribution in [1.82, 2.24) is 15.2 Å². The van der Waals surface area contributed by atoms with Crippen LogP contribution in [0.4, 0.5) is 5.69 Å². The van der Waals surface area contributed by atoms with Crippen molar-refractivity contribution in [3.05, 3.63) is 59.4 Å². The topological polar surface area (TPSA) is 74.3 Å². The van der Waals surface area contributed by atoms with E-state index in [1.807, 2.05) is 6.92 Å². The second kappa shape index (κ2) is 7.90. The van der Waals surface area contributed by atoms with Crippen molar-refractivity contribution in [3.63, 3.8) is 0 Å². The van der Waals surface area contributed by atoms with Crippen LogP contribution in [0, 0.1) is 6.92 Å². The number of benzene rings is 1. The van der Waals surface area contributed by atoms with Crippen molar-refractivity contribution in [2.45, 2.75) is 19.9 Å². The molecule has 2 heterocycles. The van der Waals surface area contributed by atoms with Gasteiger partial charge in [-0.1, -0.05) is 24.3 Å². The van der Waals surface area contributed by atoms with Crippen LogP contribution in [-0.4, -0.2) is 41.3 Å². The number of aryl methyl sites for hydroxylation is 1. The van der Waals surface area contributed by atoms with Crippen molar-refractivity contribution < 1.29 is 9.59 Å². The largest absolute Gasteiger partial charge is 0.347 e. The minimum atomic E-state index is -0.667. The van der Waals surface area contributed by atoms with E-state index in [2.05, 4.69) is 44.8 Å². The average Bonchev–Trinajstić information content (AvgIpc) is 2.63. The molecule has 6 heteroatoms. The highest BCUT2D eigenvalue weighted by atomic mass is 16.2. The first kappa shape index (κ1) is 17.1. The van der Waals surface area contributed by atoms with E-state index in [0.29, 0.717) is 12.2 Å². The molecule has 0 aliphatic carbocycles. The summed E-state index contributed by atoms with van der Waals surface area (Å²) in [5.41, 5.74) is 4.15. The third-order valence-electron chi connectivity index (χ3n) is 4.42. The van der Waals surface area contributed by atoms with Gasteiger partial charge >= 0.3 is 11.8 Å². The number of amides is 2. The molecule has 0 atom stereocenters. The zero-order chi connectivity index (χ0) is 17.6. The lowest BCUT2D eigenvalue weighted by Gasteiger charge is -2.28. The number of hydrogen-bond acceptors (Lipinski definition) is 4. The molecule has 25 heavy (non-hydrogen) atoms. The Labute approximate surface area is 147 Å². The van der Waals surface area contributed by atoms with E-state index >= 15 is 0 Å². The van der Waals surface area contributed by atoms with Gasteiger partial charge in [-0.15, -0.1) is 0 Å². The summed E-state index contributed by atoms with van der Waals surface area (Å²) in [6.45, 7) is 4.87. The van der Waals surface area contributed by atoms with E-state index in [0.717, 1.165) is 31.6 Å². The van der Waals surface area contributed by atoms with Crippen LogP contribution in [0.5, 0.6) is 0 Å². The smallest absolute Gasteiger partial charge is 0.313 e. The first-order valence-corrected chi connectivity index (χ1v) is 8.42. The lowest BCUT2D eigenvalue weighted by Crippen LogP contribution is -2.41. The summed E-state index contributed by atoms with van der Waals surface area (Å²) in [7, 11) is 0. The fourth-order valence-electron chi connectivity index (χ4n) is 2.93. The van der Waals surface area contributed by atoms with Crippen LogP contribution in [-0.2, 0) is 22.6 Å². The van der Waals surface area contributed by atoms with Crippen molar-refractivity contribution in [1.29, 1.82) is 0 Å². The summed E-state index contributed by atoms with van der Waals surface area (Å²) < 4.78 is 0. The number of carbonyl (C=O) groups excluding carboxylic acids is 2. The second-order valence-electron chi connectivity index (χ2n) is 6.20. The van der Waals surface area contributed by atoms with Crippen molar-refractivity contribution >= 4 is 17.5 Å². The fraction of sp³-hybridized carbons (Fsp3) is 0.316. The van der Waals surface area contributed by atoms with Gasteiger partial charge in [0.25, 0.3) is 0 Å². The summed E-state index contributed by atoms with van der Waals surface area (Å²) in [6.07, 6.45) is 4.19. The fourth-order valence-corrected chi connectivity index (χ4v) is 2.93. The third kappa shape index (κ3) is 4.42. The number of pyridine rings is 1. The molecule has 0 fully saturated rings. The molecule has 2 N–H and O–H groups in total. The molecule has 1 aromatic heterocycles. The van der Waals surface area contributed by atoms with Gasteiger partial charge in [-0.05, 0) is 36.1 Å². The Kier molecular flexibility index (Phi) is 5.40. The lowest BCUT2D eigenvalue weighted by atomic mass is 10.00. The van der Waals surface area contributed by atoms with Gasteiger partial charge in [-0.3, -0.25) is 19.5 Å². The molecule has 0 bridgehead atoms. The van der Waals surface area contributed by atoms with E-state index in [-0.39, 0.29) is 0 Å². The minimum absolute atomic E-state index is 0.445. The molecule has 2 amide bonds. The predicted molar refractivity (Wildman–Crippen MR) is 96.0 cm³/mol. The van der Waals surface area contributed by atoms with Crippen LogP contribution in [0.1, 0.15) is 16.7 Å². The van der Waals surface area contributed by atoms with Gasteiger partial charge in [0.05, 0.1) is 11.9 Å². The Morgan fingerprint density at radius 2 is 1.96 bits per heavy atom. The number of anilines is 1. The SMILES string of the molecule is Cc1ccncc1NC(=O)C(=O)NCCN1CCc2ccccc2C1. The Morgan fingerprint density at radius 3 is 2.76 bits per heavy atom. The van der Waals surface area contributed by atoms with E-state index in [4.69, 9.17) is 0 Å². The average molecular weight is 338 g/mol. The van der Waals surface area contributed by atoms with Crippen LogP contribution in [0.2, 0.25) is 0 Å². The number of rotatable bonds is 4. The molecule has 0 radical (unpaired) electrons. The molecule has 2 aromatic rings. The van der Waals surface area contributed by atoms with Gasteiger partial charge in [0.2, 0.25) is 0 Å². The van der Waals surface area contributed by atoms with Crippen LogP contribution < -0.4 is 10.6 Å². The standard InChI is InChI=1S/C19H22N4O2/c1-14-6-8-20-12-17(14)22-19(25)18(24)21-9-11-23-10-7-15-4-2-3-5-16(15)13-23/h2-6,8,12H,7,9-11,13H2,1H3,(H,21,24)(H,22,25). The molecule has 0 saturated carbocycles. The number of nitrogens with zero attached hydrogens (tertiary/aromatic N) is 2. The molecule has 6 nitrogen and oxygen atoms in total. The van der Waals surface area contributed by atoms with E-state index in [1.165, 1.54) is 17.3 Å². The highest BCUT2D eigenvalue weighted by Gasteiger charge is 2.17. The van der Waals surface area contributed by atoms with Gasteiger partial charge in [0.1, 0.15) is 0 Å². The Bertz CT molecular complexity index is 776. The second-order valence-corrected chi connectivity index (χ2v) is 6.20. The molecule has 0 saturated heterocycles. The Hall–Kier alpha value is -2.73. The summed E-state index contributed by atoms with van der Waals surface area (Å²) >= 11 is 0. The maximum atomic E-state index is 11.9. The minimum Gasteiger partial charge on any atom is -0.347 e. The number of hydrogen-bond donors (Lipinski definition) is 2. The highest BCUT2D eigenvalue weighted by molar-refractivity contribution is 6.39. The summed E-state index contributed by atoms with van der Waals surface area (Å²) in [5, 5.41) is 5.26. The van der Waals surface area contributed by atoms with Gasteiger partial charge in [0, 0.05) is 32.4 Å². The quantitative estimate of drug-likeness (QED) is 0.829. The molecule has 1 aliphatic heterocycles. The van der Waals surface area contributed by atoms with E-state index in [1.54, 1.807) is 12.3 Å². The van der Waals surface area contributed by atoms with Crippen LogP contribution >= 0.6 is 0 Å². The monoisotopic (exact) mass is 338 g/mol. The van der Waals surface area contributed by atoms with Crippen molar-refractivity contribution in [2.24, 2.45) is 0 Å². The molecule has 0 spiro atoms. The number of nitrogens with one attached hydrogen (secondary N) is 2. The Balaban J connectivity index is 1.44. The molecule has 3 rings (SSSR count). The first-order valence-electron chi connectivity index (χ1n) is 8.42.